The minimum Gasteiger partial charge on any atom is -0.394 e. The summed E-state index contributed by atoms with van der Waals surface area (Å²) >= 11 is 1.64. The number of thioether (sulfide) groups is 1. The van der Waals surface area contributed by atoms with Gasteiger partial charge in [0, 0.05) is 36.6 Å². The number of ether oxygens (including phenoxy) is 1. The predicted molar refractivity (Wildman–Crippen MR) is 137 cm³/mol. The molecule has 1 spiro atoms. The average Bonchev–Trinajstić information content (AvgIpc) is 3.45. The van der Waals surface area contributed by atoms with Gasteiger partial charge in [0.05, 0.1) is 42.4 Å². The van der Waals surface area contributed by atoms with Crippen molar-refractivity contribution in [3.63, 3.8) is 0 Å². The number of carbonyl (C=O) groups excluding carboxylic acids is 3. The van der Waals surface area contributed by atoms with Crippen molar-refractivity contribution in [3.8, 4) is 0 Å². The Labute approximate surface area is 216 Å². The van der Waals surface area contributed by atoms with Gasteiger partial charge in [-0.3, -0.25) is 19.3 Å². The third-order valence-corrected chi connectivity index (χ3v) is 10.3. The number of amides is 3. The van der Waals surface area contributed by atoms with Gasteiger partial charge in [-0.2, -0.15) is 0 Å². The van der Waals surface area contributed by atoms with Crippen LogP contribution in [0.15, 0.2) is 30.3 Å². The van der Waals surface area contributed by atoms with E-state index in [1.807, 2.05) is 30.3 Å². The number of hydrogen-bond donors (Lipinski definition) is 3. The summed E-state index contributed by atoms with van der Waals surface area (Å²) in [6.07, 6.45) is 1.45. The van der Waals surface area contributed by atoms with Gasteiger partial charge in [-0.15, -0.1) is 11.8 Å². The largest absolute Gasteiger partial charge is 0.394 e. The molecule has 196 valence electrons. The molecule has 36 heavy (non-hydrogen) atoms. The van der Waals surface area contributed by atoms with Crippen LogP contribution >= 0.6 is 11.8 Å². The molecule has 4 aliphatic rings. The lowest BCUT2D eigenvalue weighted by Gasteiger charge is -2.36. The van der Waals surface area contributed by atoms with Crippen molar-refractivity contribution < 1.29 is 24.2 Å². The van der Waals surface area contributed by atoms with E-state index in [9.17, 15) is 19.5 Å². The SMILES string of the molecule is C[C@H](CO)N1C(=O)[C@@H]2[C@@H](C(=O)Nc3ccccc3)[C@@]3(C)CCC2(S3)C1C(=O)NCCN1CCOCC1. The molecule has 0 radical (unpaired) electrons. The summed E-state index contributed by atoms with van der Waals surface area (Å²) in [5.74, 6) is -1.73. The standard InChI is InChI=1S/C26H36N4O5S/c1-17(16-31)30-21(23(33)27-10-11-29-12-14-35-15-13-29)26-9-8-25(2,36-26)19(20(26)24(30)34)22(32)28-18-6-4-3-5-7-18/h3-7,17,19-21,31H,8-16H2,1-2H3,(H,27,33)(H,28,32)/t17-,19+,20+,21?,25-,26?/m1/s1. The van der Waals surface area contributed by atoms with Gasteiger partial charge in [-0.1, -0.05) is 18.2 Å². The lowest BCUT2D eigenvalue weighted by molar-refractivity contribution is -0.142. The van der Waals surface area contributed by atoms with Crippen molar-refractivity contribution in [3.05, 3.63) is 30.3 Å². The zero-order chi connectivity index (χ0) is 25.5. The number of likely N-dealkylation sites (tertiary alicyclic amines) is 1. The smallest absolute Gasteiger partial charge is 0.244 e. The Morgan fingerprint density at radius 1 is 1.19 bits per heavy atom. The van der Waals surface area contributed by atoms with Crippen molar-refractivity contribution in [2.24, 2.45) is 11.8 Å². The normalized spacial score (nSPS) is 34.5. The number of aliphatic hydroxyl groups excluding tert-OH is 1. The summed E-state index contributed by atoms with van der Waals surface area (Å²) in [5, 5.41) is 16.1. The fourth-order valence-corrected chi connectivity index (χ4v) is 8.97. The minimum atomic E-state index is -0.719. The van der Waals surface area contributed by atoms with Gasteiger partial charge in [0.1, 0.15) is 6.04 Å². The lowest BCUT2D eigenvalue weighted by atomic mass is 9.66. The molecule has 2 unspecified atom stereocenters. The minimum absolute atomic E-state index is 0.180. The van der Waals surface area contributed by atoms with Crippen LogP contribution in [0.1, 0.15) is 26.7 Å². The summed E-state index contributed by atoms with van der Waals surface area (Å²) < 4.78 is 4.28. The van der Waals surface area contributed by atoms with E-state index < -0.39 is 33.4 Å². The fourth-order valence-electron chi connectivity index (χ4n) is 6.63. The molecule has 4 fully saturated rings. The van der Waals surface area contributed by atoms with E-state index >= 15 is 0 Å². The molecule has 4 heterocycles. The van der Waals surface area contributed by atoms with E-state index in [4.69, 9.17) is 4.74 Å². The maximum Gasteiger partial charge on any atom is 0.244 e. The zero-order valence-corrected chi connectivity index (χ0v) is 21.8. The maximum atomic E-state index is 13.9. The Balaban J connectivity index is 1.39. The van der Waals surface area contributed by atoms with Gasteiger partial charge in [-0.25, -0.2) is 0 Å². The molecule has 4 saturated heterocycles. The molecule has 0 aromatic heterocycles. The van der Waals surface area contributed by atoms with Crippen LogP contribution < -0.4 is 10.6 Å². The number of aliphatic hydroxyl groups is 1. The fraction of sp³-hybridized carbons (Fsp3) is 0.654. The van der Waals surface area contributed by atoms with Gasteiger partial charge in [0.15, 0.2) is 0 Å². The molecular weight excluding hydrogens is 480 g/mol. The molecule has 6 atom stereocenters. The van der Waals surface area contributed by atoms with Crippen LogP contribution in [0.2, 0.25) is 0 Å². The predicted octanol–water partition coefficient (Wildman–Crippen LogP) is 0.936. The van der Waals surface area contributed by atoms with Crippen LogP contribution in [-0.2, 0) is 19.1 Å². The first-order valence-electron chi connectivity index (χ1n) is 12.9. The Kier molecular flexibility index (Phi) is 7.06. The van der Waals surface area contributed by atoms with Crippen LogP contribution in [0.4, 0.5) is 5.69 Å². The number of carbonyl (C=O) groups is 3. The number of para-hydroxylation sites is 1. The molecule has 10 heteroatoms. The monoisotopic (exact) mass is 516 g/mol. The molecule has 3 amide bonds. The van der Waals surface area contributed by atoms with Gasteiger partial charge < -0.3 is 25.4 Å². The number of benzene rings is 1. The van der Waals surface area contributed by atoms with Crippen LogP contribution in [0.3, 0.4) is 0 Å². The summed E-state index contributed by atoms with van der Waals surface area (Å²) in [6.45, 7) is 7.84. The first-order chi connectivity index (χ1) is 17.3. The third kappa shape index (κ3) is 4.21. The van der Waals surface area contributed by atoms with Crippen molar-refractivity contribution in [2.75, 3.05) is 51.3 Å². The number of anilines is 1. The van der Waals surface area contributed by atoms with Crippen molar-refractivity contribution in [2.45, 2.75) is 48.3 Å². The summed E-state index contributed by atoms with van der Waals surface area (Å²) in [7, 11) is 0. The van der Waals surface area contributed by atoms with Crippen LogP contribution in [0, 0.1) is 11.8 Å². The highest BCUT2D eigenvalue weighted by molar-refractivity contribution is 8.02. The number of nitrogens with zero attached hydrogens (tertiary/aromatic N) is 2. The number of rotatable bonds is 8. The lowest BCUT2D eigenvalue weighted by Crippen LogP contribution is -2.56. The quantitative estimate of drug-likeness (QED) is 0.472. The second kappa shape index (κ2) is 9.96. The topological polar surface area (TPSA) is 111 Å². The molecule has 0 aliphatic carbocycles. The molecule has 3 N–H and O–H groups in total. The van der Waals surface area contributed by atoms with E-state index in [0.29, 0.717) is 38.4 Å². The zero-order valence-electron chi connectivity index (χ0n) is 20.9. The number of fused-ring (bicyclic) bond motifs is 1. The highest BCUT2D eigenvalue weighted by Crippen LogP contribution is 2.71. The second-order valence-corrected chi connectivity index (χ2v) is 12.5. The molecule has 4 aliphatic heterocycles. The van der Waals surface area contributed by atoms with Gasteiger partial charge in [-0.05, 0) is 38.8 Å². The molecule has 5 rings (SSSR count). The summed E-state index contributed by atoms with van der Waals surface area (Å²) in [5.41, 5.74) is 0.691. The highest BCUT2D eigenvalue weighted by Gasteiger charge is 2.77. The Bertz CT molecular complexity index is 1010. The number of nitrogens with one attached hydrogen (secondary N) is 2. The molecule has 9 nitrogen and oxygen atoms in total. The van der Waals surface area contributed by atoms with E-state index in [1.165, 1.54) is 0 Å². The van der Waals surface area contributed by atoms with Crippen molar-refractivity contribution in [1.82, 2.24) is 15.1 Å². The van der Waals surface area contributed by atoms with E-state index in [1.54, 1.807) is 23.6 Å². The maximum absolute atomic E-state index is 13.9. The first kappa shape index (κ1) is 25.5. The Morgan fingerprint density at radius 3 is 2.61 bits per heavy atom. The first-order valence-corrected chi connectivity index (χ1v) is 13.7. The van der Waals surface area contributed by atoms with Gasteiger partial charge >= 0.3 is 0 Å². The van der Waals surface area contributed by atoms with Crippen molar-refractivity contribution >= 4 is 35.2 Å². The third-order valence-electron chi connectivity index (χ3n) is 8.36. The van der Waals surface area contributed by atoms with E-state index in [2.05, 4.69) is 22.5 Å². The van der Waals surface area contributed by atoms with Crippen molar-refractivity contribution in [1.29, 1.82) is 0 Å². The average molecular weight is 517 g/mol. The molecule has 1 aromatic carbocycles. The highest BCUT2D eigenvalue weighted by atomic mass is 32.2. The molecule has 1 aromatic rings. The Morgan fingerprint density at radius 2 is 1.92 bits per heavy atom. The molecule has 2 bridgehead atoms. The molecule has 0 saturated carbocycles. The van der Waals surface area contributed by atoms with E-state index in [-0.39, 0.29) is 24.3 Å². The van der Waals surface area contributed by atoms with Gasteiger partial charge in [0.25, 0.3) is 0 Å². The summed E-state index contributed by atoms with van der Waals surface area (Å²) in [6, 6.07) is 8.03. The molecular formula is C26H36N4O5S. The second-order valence-electron chi connectivity index (χ2n) is 10.6. The van der Waals surface area contributed by atoms with Crippen LogP contribution in [0.25, 0.3) is 0 Å². The van der Waals surface area contributed by atoms with Gasteiger partial charge in [0.2, 0.25) is 17.7 Å². The van der Waals surface area contributed by atoms with E-state index in [0.717, 1.165) is 19.5 Å². The van der Waals surface area contributed by atoms with Crippen LogP contribution in [-0.4, -0.2) is 100 Å². The Hall–Kier alpha value is -2.14. The summed E-state index contributed by atoms with van der Waals surface area (Å²) in [4.78, 5) is 45.1. The number of morpholine rings is 1. The number of hydrogen-bond acceptors (Lipinski definition) is 7. The van der Waals surface area contributed by atoms with Crippen LogP contribution in [0.5, 0.6) is 0 Å².